The van der Waals surface area contributed by atoms with Crippen LogP contribution in [0.1, 0.15) is 10.6 Å². The third-order valence-corrected chi connectivity index (χ3v) is 3.93. The lowest BCUT2D eigenvalue weighted by Crippen LogP contribution is -2.07. The van der Waals surface area contributed by atoms with Gasteiger partial charge in [-0.15, -0.1) is 17.9 Å². The Labute approximate surface area is 113 Å². The highest BCUT2D eigenvalue weighted by Crippen LogP contribution is 2.22. The summed E-state index contributed by atoms with van der Waals surface area (Å²) in [5.41, 5.74) is 1.02. The number of nitrogens with zero attached hydrogens (tertiary/aromatic N) is 2. The lowest BCUT2D eigenvalue weighted by Gasteiger charge is -2.06. The van der Waals surface area contributed by atoms with Gasteiger partial charge in [0.25, 0.3) is 0 Å². The first-order valence-electron chi connectivity index (χ1n) is 5.30. The maximum absolute atomic E-state index is 4.45. The van der Waals surface area contributed by atoms with Crippen LogP contribution in [0.5, 0.6) is 0 Å². The number of aromatic nitrogens is 2. The zero-order valence-corrected chi connectivity index (χ0v) is 12.0. The molecule has 0 saturated heterocycles. The van der Waals surface area contributed by atoms with Crippen LogP contribution in [0.2, 0.25) is 0 Å². The highest BCUT2D eigenvalue weighted by molar-refractivity contribution is 9.10. The fourth-order valence-electron chi connectivity index (χ4n) is 1.58. The summed E-state index contributed by atoms with van der Waals surface area (Å²) < 4.78 is 3.26. The Balaban J connectivity index is 2.16. The Kier molecular flexibility index (Phi) is 4.02. The number of rotatable bonds is 5. The smallest absolute Gasteiger partial charge is 0.203 e. The van der Waals surface area contributed by atoms with Gasteiger partial charge in [-0.1, -0.05) is 6.08 Å². The lowest BCUT2D eigenvalue weighted by atomic mass is 10.4. The molecule has 0 unspecified atom stereocenters. The van der Waals surface area contributed by atoms with Gasteiger partial charge < -0.3 is 9.88 Å². The standard InChI is InChI=1S/C12H14BrN3S/c1-3-4-14-12-15-9(2)6-16(12)7-11-5-10(13)8-17-11/h3,5-6,8H,1,4,7H2,2H3,(H,14,15). The van der Waals surface area contributed by atoms with Gasteiger partial charge in [-0.3, -0.25) is 0 Å². The first kappa shape index (κ1) is 12.4. The van der Waals surface area contributed by atoms with Crippen molar-refractivity contribution < 1.29 is 0 Å². The molecule has 0 atom stereocenters. The average molecular weight is 312 g/mol. The molecule has 5 heteroatoms. The second-order valence-electron chi connectivity index (χ2n) is 3.73. The van der Waals surface area contributed by atoms with E-state index in [1.807, 2.05) is 13.0 Å². The minimum Gasteiger partial charge on any atom is -0.352 e. The molecule has 90 valence electrons. The van der Waals surface area contributed by atoms with Crippen molar-refractivity contribution in [2.75, 3.05) is 11.9 Å². The molecule has 0 aliphatic carbocycles. The summed E-state index contributed by atoms with van der Waals surface area (Å²) in [5.74, 6) is 0.895. The van der Waals surface area contributed by atoms with Gasteiger partial charge in [0.1, 0.15) is 0 Å². The summed E-state index contributed by atoms with van der Waals surface area (Å²) >= 11 is 5.21. The molecule has 0 fully saturated rings. The number of nitrogens with one attached hydrogen (secondary N) is 1. The van der Waals surface area contributed by atoms with E-state index >= 15 is 0 Å². The Morgan fingerprint density at radius 1 is 1.65 bits per heavy atom. The molecule has 0 spiro atoms. The molecule has 0 bridgehead atoms. The van der Waals surface area contributed by atoms with Gasteiger partial charge in [-0.05, 0) is 28.9 Å². The lowest BCUT2D eigenvalue weighted by molar-refractivity contribution is 0.814. The first-order chi connectivity index (χ1) is 8.19. The second kappa shape index (κ2) is 5.51. The summed E-state index contributed by atoms with van der Waals surface area (Å²) in [6, 6.07) is 2.14. The minimum absolute atomic E-state index is 0.727. The highest BCUT2D eigenvalue weighted by atomic mass is 79.9. The quantitative estimate of drug-likeness (QED) is 0.854. The van der Waals surface area contributed by atoms with Gasteiger partial charge in [0.15, 0.2) is 0 Å². The van der Waals surface area contributed by atoms with Crippen molar-refractivity contribution >= 4 is 33.2 Å². The second-order valence-corrected chi connectivity index (χ2v) is 5.65. The fraction of sp³-hybridized carbons (Fsp3) is 0.250. The number of aryl methyl sites for hydroxylation is 1. The van der Waals surface area contributed by atoms with E-state index in [1.165, 1.54) is 4.88 Å². The average Bonchev–Trinajstić information content (AvgIpc) is 2.83. The topological polar surface area (TPSA) is 29.9 Å². The summed E-state index contributed by atoms with van der Waals surface area (Å²) in [6.45, 7) is 7.27. The highest BCUT2D eigenvalue weighted by Gasteiger charge is 2.06. The fourth-order valence-corrected chi connectivity index (χ4v) is 3.03. The van der Waals surface area contributed by atoms with Crippen LogP contribution in [0.25, 0.3) is 0 Å². The maximum Gasteiger partial charge on any atom is 0.203 e. The zero-order valence-electron chi connectivity index (χ0n) is 9.61. The van der Waals surface area contributed by atoms with Gasteiger partial charge in [0.2, 0.25) is 5.95 Å². The summed E-state index contributed by atoms with van der Waals surface area (Å²) in [7, 11) is 0. The van der Waals surface area contributed by atoms with Gasteiger partial charge in [-0.25, -0.2) is 4.98 Å². The van der Waals surface area contributed by atoms with Crippen molar-refractivity contribution in [2.45, 2.75) is 13.5 Å². The zero-order chi connectivity index (χ0) is 12.3. The first-order valence-corrected chi connectivity index (χ1v) is 6.98. The largest absolute Gasteiger partial charge is 0.352 e. The third-order valence-electron chi connectivity index (χ3n) is 2.25. The van der Waals surface area contributed by atoms with Crippen LogP contribution < -0.4 is 5.32 Å². The van der Waals surface area contributed by atoms with E-state index in [4.69, 9.17) is 0 Å². The molecule has 0 aliphatic rings. The van der Waals surface area contributed by atoms with Crippen LogP contribution in [0.15, 0.2) is 34.8 Å². The van der Waals surface area contributed by atoms with Crippen molar-refractivity contribution in [3.05, 3.63) is 45.3 Å². The van der Waals surface area contributed by atoms with Gasteiger partial charge >= 0.3 is 0 Å². The van der Waals surface area contributed by atoms with Crippen molar-refractivity contribution in [3.8, 4) is 0 Å². The predicted octanol–water partition coefficient (Wildman–Crippen LogP) is 3.66. The van der Waals surface area contributed by atoms with Gasteiger partial charge in [-0.2, -0.15) is 0 Å². The number of halogens is 1. The minimum atomic E-state index is 0.727. The van der Waals surface area contributed by atoms with Crippen LogP contribution in [-0.2, 0) is 6.54 Å². The van der Waals surface area contributed by atoms with E-state index in [-0.39, 0.29) is 0 Å². The summed E-state index contributed by atoms with van der Waals surface area (Å²) in [4.78, 5) is 5.75. The maximum atomic E-state index is 4.45. The van der Waals surface area contributed by atoms with Gasteiger partial charge in [0, 0.05) is 27.5 Å². The van der Waals surface area contributed by atoms with Crippen LogP contribution >= 0.6 is 27.3 Å². The Hall–Kier alpha value is -1.07. The molecule has 17 heavy (non-hydrogen) atoms. The molecular weight excluding hydrogens is 298 g/mol. The number of hydrogen-bond donors (Lipinski definition) is 1. The van der Waals surface area contributed by atoms with Crippen LogP contribution in [0, 0.1) is 6.92 Å². The third kappa shape index (κ3) is 3.20. The van der Waals surface area contributed by atoms with Gasteiger partial charge in [0.05, 0.1) is 12.2 Å². The number of anilines is 1. The number of imidazole rings is 1. The van der Waals surface area contributed by atoms with Crippen molar-refractivity contribution in [1.29, 1.82) is 0 Å². The molecule has 0 radical (unpaired) electrons. The van der Waals surface area contributed by atoms with Crippen molar-refractivity contribution in [2.24, 2.45) is 0 Å². The van der Waals surface area contributed by atoms with E-state index in [1.54, 1.807) is 11.3 Å². The van der Waals surface area contributed by atoms with E-state index < -0.39 is 0 Å². The molecule has 1 N–H and O–H groups in total. The molecule has 0 saturated carbocycles. The van der Waals surface area contributed by atoms with E-state index in [9.17, 15) is 0 Å². The summed E-state index contributed by atoms with van der Waals surface area (Å²) in [5, 5.41) is 5.33. The van der Waals surface area contributed by atoms with Crippen LogP contribution in [-0.4, -0.2) is 16.1 Å². The predicted molar refractivity (Wildman–Crippen MR) is 76.8 cm³/mol. The molecule has 0 amide bonds. The van der Waals surface area contributed by atoms with Crippen LogP contribution in [0.4, 0.5) is 5.95 Å². The molecular formula is C12H14BrN3S. The van der Waals surface area contributed by atoms with E-state index in [2.05, 4.69) is 55.0 Å². The molecule has 0 aromatic carbocycles. The van der Waals surface area contributed by atoms with Crippen LogP contribution in [0.3, 0.4) is 0 Å². The number of thiophene rings is 1. The van der Waals surface area contributed by atoms with Crippen molar-refractivity contribution in [1.82, 2.24) is 9.55 Å². The number of hydrogen-bond acceptors (Lipinski definition) is 3. The molecule has 2 heterocycles. The SMILES string of the molecule is C=CCNc1nc(C)cn1Cc1cc(Br)cs1. The Bertz CT molecular complexity index is 516. The monoisotopic (exact) mass is 311 g/mol. The molecule has 2 rings (SSSR count). The molecule has 2 aromatic heterocycles. The van der Waals surface area contributed by atoms with E-state index in [0.717, 1.165) is 29.2 Å². The Morgan fingerprint density at radius 2 is 2.47 bits per heavy atom. The molecule has 3 nitrogen and oxygen atoms in total. The Morgan fingerprint density at radius 3 is 3.12 bits per heavy atom. The normalized spacial score (nSPS) is 10.5. The summed E-state index contributed by atoms with van der Waals surface area (Å²) in [6.07, 6.45) is 3.88. The molecule has 0 aliphatic heterocycles. The van der Waals surface area contributed by atoms with E-state index in [0.29, 0.717) is 0 Å². The van der Waals surface area contributed by atoms with Crippen molar-refractivity contribution in [3.63, 3.8) is 0 Å². The molecule has 2 aromatic rings.